The third kappa shape index (κ3) is 6.24. The van der Waals surface area contributed by atoms with E-state index in [4.69, 9.17) is 15.2 Å². The number of benzene rings is 3. The minimum atomic E-state index is -4.60. The highest BCUT2D eigenvalue weighted by atomic mass is 32.2. The average Bonchev–Trinajstić information content (AvgIpc) is 2.78. The van der Waals surface area contributed by atoms with Gasteiger partial charge in [0.05, 0.1) is 34.3 Å². The number of hydrogen-bond acceptors (Lipinski definition) is 12. The molecule has 0 aromatic heterocycles. The molecule has 0 amide bonds. The zero-order chi connectivity index (χ0) is 24.1. The van der Waals surface area contributed by atoms with Gasteiger partial charge in [0.25, 0.3) is 10.1 Å². The van der Waals surface area contributed by atoms with Gasteiger partial charge in [-0.3, -0.25) is 8.74 Å². The molecule has 0 aliphatic carbocycles. The van der Waals surface area contributed by atoms with E-state index >= 15 is 0 Å². The Bertz CT molecular complexity index is 1380. The zero-order valence-electron chi connectivity index (χ0n) is 16.6. The van der Waals surface area contributed by atoms with Crippen LogP contribution in [-0.2, 0) is 33.5 Å². The molecular formula is C18H17N3O9S3. The quantitative estimate of drug-likeness (QED) is 0.0676. The van der Waals surface area contributed by atoms with Crippen LogP contribution in [-0.4, -0.2) is 39.0 Å². The monoisotopic (exact) mass is 515 g/mol. The highest BCUT2D eigenvalue weighted by molar-refractivity contribution is 7.91. The van der Waals surface area contributed by atoms with Gasteiger partial charge in [-0.05, 0) is 30.3 Å². The second-order valence-electron chi connectivity index (χ2n) is 6.37. The van der Waals surface area contributed by atoms with Gasteiger partial charge in [-0.25, -0.2) is 13.7 Å². The van der Waals surface area contributed by atoms with Crippen LogP contribution >= 0.6 is 12.3 Å². The molecule has 0 bridgehead atoms. The van der Waals surface area contributed by atoms with E-state index in [-0.39, 0.29) is 41.0 Å². The largest absolute Gasteiger partial charge is 0.397 e. The summed E-state index contributed by atoms with van der Waals surface area (Å²) >= 11 is 0.275. The van der Waals surface area contributed by atoms with Gasteiger partial charge in [-0.15, -0.1) is 9.45 Å². The van der Waals surface area contributed by atoms with Crippen LogP contribution in [0.1, 0.15) is 0 Å². The summed E-state index contributed by atoms with van der Waals surface area (Å²) in [6.45, 7) is -0.224. The average molecular weight is 516 g/mol. The second-order valence-corrected chi connectivity index (χ2v) is 10.4. The van der Waals surface area contributed by atoms with Crippen molar-refractivity contribution in [2.75, 3.05) is 18.1 Å². The summed E-state index contributed by atoms with van der Waals surface area (Å²) in [6, 6.07) is 13.2. The summed E-state index contributed by atoms with van der Waals surface area (Å²) < 4.78 is 66.2. The fraction of sp³-hybridized carbons (Fsp3) is 0.111. The minimum absolute atomic E-state index is 0.0148. The lowest BCUT2D eigenvalue weighted by Crippen LogP contribution is -2.10. The van der Waals surface area contributed by atoms with Crippen LogP contribution in [0.4, 0.5) is 17.1 Å². The summed E-state index contributed by atoms with van der Waals surface area (Å²) in [7, 11) is -8.26. The van der Waals surface area contributed by atoms with Crippen molar-refractivity contribution < 1.29 is 40.2 Å². The second kappa shape index (κ2) is 10.5. The highest BCUT2D eigenvalue weighted by Gasteiger charge is 2.19. The lowest BCUT2D eigenvalue weighted by Gasteiger charge is -2.09. The molecular weight excluding hydrogens is 498 g/mol. The van der Waals surface area contributed by atoms with Gasteiger partial charge in [0.2, 0.25) is 0 Å². The van der Waals surface area contributed by atoms with E-state index in [1.165, 1.54) is 24.3 Å². The number of rotatable bonds is 10. The van der Waals surface area contributed by atoms with Gasteiger partial charge >= 0.3 is 0 Å². The number of hydrogen-bond donors (Lipinski definition) is 3. The lowest BCUT2D eigenvalue weighted by atomic mass is 10.1. The van der Waals surface area contributed by atoms with Crippen LogP contribution in [0.2, 0.25) is 0 Å². The number of fused-ring (bicyclic) bond motifs is 1. The van der Waals surface area contributed by atoms with Gasteiger partial charge in [-0.1, -0.05) is 29.3 Å². The van der Waals surface area contributed by atoms with Gasteiger partial charge in [0.15, 0.2) is 22.2 Å². The molecule has 0 fully saturated rings. The maximum atomic E-state index is 12.3. The van der Waals surface area contributed by atoms with Crippen LogP contribution in [0.3, 0.4) is 0 Å². The molecule has 0 aliphatic heterocycles. The van der Waals surface area contributed by atoms with Crippen LogP contribution in [0.25, 0.3) is 10.8 Å². The van der Waals surface area contributed by atoms with E-state index < -0.39 is 24.9 Å². The first-order chi connectivity index (χ1) is 15.6. The van der Waals surface area contributed by atoms with E-state index in [0.717, 1.165) is 6.07 Å². The van der Waals surface area contributed by atoms with Crippen molar-refractivity contribution in [3.63, 3.8) is 0 Å². The normalized spacial score (nSPS) is 12.5. The standard InChI is InChI=1S/C18H17N3O9S3/c19-18-15-4-2-1-3-14(15)16(11-17(18)33(25,26)27)21-20-12-5-7-13(8-6-12)32(23,24)10-9-28-31-30-29-22/h1-8,11,22H,9-10,19H2,(H,25,26,27). The number of nitrogens with two attached hydrogens (primary N) is 1. The molecule has 33 heavy (non-hydrogen) atoms. The molecule has 3 rings (SSSR count). The highest BCUT2D eigenvalue weighted by Crippen LogP contribution is 2.36. The summed E-state index contributed by atoms with van der Waals surface area (Å²) in [5.41, 5.74) is 6.22. The number of anilines is 1. The molecule has 0 unspecified atom stereocenters. The number of azo groups is 1. The summed E-state index contributed by atoms with van der Waals surface area (Å²) in [5, 5.41) is 20.2. The molecule has 176 valence electrons. The predicted molar refractivity (Wildman–Crippen MR) is 119 cm³/mol. The molecule has 3 aromatic carbocycles. The Balaban J connectivity index is 1.84. The smallest absolute Gasteiger partial charge is 0.296 e. The maximum Gasteiger partial charge on any atom is 0.296 e. The van der Waals surface area contributed by atoms with Crippen LogP contribution < -0.4 is 5.73 Å². The molecule has 0 radical (unpaired) electrons. The zero-order valence-corrected chi connectivity index (χ0v) is 19.0. The van der Waals surface area contributed by atoms with E-state index in [9.17, 15) is 21.4 Å². The van der Waals surface area contributed by atoms with Crippen LogP contribution in [0, 0.1) is 0 Å². The van der Waals surface area contributed by atoms with Gasteiger partial charge in [0, 0.05) is 10.8 Å². The van der Waals surface area contributed by atoms with E-state index in [1.54, 1.807) is 24.3 Å². The fourth-order valence-electron chi connectivity index (χ4n) is 2.81. The summed E-state index contributed by atoms with van der Waals surface area (Å²) in [4.78, 5) is -0.478. The SMILES string of the molecule is Nc1c(S(=O)(=O)O)cc(N=Nc2ccc(S(=O)(=O)CCOSOOO)cc2)c2ccccc12. The Hall–Kier alpha value is -2.63. The van der Waals surface area contributed by atoms with Gasteiger partial charge < -0.3 is 5.73 Å². The van der Waals surface area contributed by atoms with Crippen molar-refractivity contribution in [3.8, 4) is 0 Å². The first-order valence-corrected chi connectivity index (χ1v) is 12.7. The molecule has 15 heteroatoms. The van der Waals surface area contributed by atoms with E-state index in [1.807, 2.05) is 0 Å². The van der Waals surface area contributed by atoms with Crippen molar-refractivity contribution in [2.45, 2.75) is 9.79 Å². The van der Waals surface area contributed by atoms with Gasteiger partial charge in [-0.2, -0.15) is 13.5 Å². The topological polar surface area (TPSA) is 187 Å². The third-order valence-electron chi connectivity index (χ3n) is 4.32. The minimum Gasteiger partial charge on any atom is -0.397 e. The molecule has 0 saturated heterocycles. The molecule has 0 saturated carbocycles. The molecule has 12 nitrogen and oxygen atoms in total. The Morgan fingerprint density at radius 3 is 2.27 bits per heavy atom. The Kier molecular flexibility index (Phi) is 7.98. The lowest BCUT2D eigenvalue weighted by molar-refractivity contribution is -0.434. The molecule has 0 spiro atoms. The number of nitrogens with zero attached hydrogens (tertiary/aromatic N) is 2. The van der Waals surface area contributed by atoms with Crippen molar-refractivity contribution in [1.29, 1.82) is 0 Å². The van der Waals surface area contributed by atoms with Crippen molar-refractivity contribution in [3.05, 3.63) is 54.6 Å². The van der Waals surface area contributed by atoms with Crippen LogP contribution in [0.5, 0.6) is 0 Å². The first-order valence-electron chi connectivity index (χ1n) is 8.93. The van der Waals surface area contributed by atoms with Crippen LogP contribution in [0.15, 0.2) is 74.6 Å². The van der Waals surface area contributed by atoms with Crippen molar-refractivity contribution in [2.24, 2.45) is 10.2 Å². The van der Waals surface area contributed by atoms with Crippen molar-refractivity contribution >= 4 is 60.1 Å². The molecule has 0 heterocycles. The predicted octanol–water partition coefficient (Wildman–Crippen LogP) is 3.86. The molecule has 3 aromatic rings. The molecule has 4 N–H and O–H groups in total. The van der Waals surface area contributed by atoms with E-state index in [2.05, 4.69) is 19.6 Å². The van der Waals surface area contributed by atoms with E-state index in [0.29, 0.717) is 16.5 Å². The summed E-state index contributed by atoms with van der Waals surface area (Å²) in [5.74, 6) is -0.356. The van der Waals surface area contributed by atoms with Crippen molar-refractivity contribution in [1.82, 2.24) is 0 Å². The Morgan fingerprint density at radius 1 is 0.970 bits per heavy atom. The summed E-state index contributed by atoms with van der Waals surface area (Å²) in [6.07, 6.45) is 0. The maximum absolute atomic E-state index is 12.3. The Labute approximate surface area is 192 Å². The fourth-order valence-corrected chi connectivity index (χ4v) is 4.87. The number of sulfone groups is 1. The molecule has 0 atom stereocenters. The number of nitrogen functional groups attached to an aromatic ring is 1. The first kappa shape index (κ1) is 25.0. The Morgan fingerprint density at radius 2 is 1.64 bits per heavy atom. The third-order valence-corrected chi connectivity index (χ3v) is 7.28. The molecule has 0 aliphatic rings. The van der Waals surface area contributed by atoms with Gasteiger partial charge in [0.1, 0.15) is 4.90 Å².